The van der Waals surface area contributed by atoms with Gasteiger partial charge in [-0.25, -0.2) is 0 Å². The van der Waals surface area contributed by atoms with E-state index in [1.165, 1.54) is 4.90 Å². The smallest absolute Gasteiger partial charge is 0.307 e. The maximum atomic E-state index is 11.4. The first-order valence-corrected chi connectivity index (χ1v) is 5.31. The average Bonchev–Trinajstić information content (AvgIpc) is 2.43. The molecule has 1 aliphatic heterocycles. The summed E-state index contributed by atoms with van der Waals surface area (Å²) in [6.07, 6.45) is 0.161. The van der Waals surface area contributed by atoms with Crippen molar-refractivity contribution >= 4 is 35.1 Å². The largest absolute Gasteiger partial charge is 0.466 e. The third kappa shape index (κ3) is 3.11. The van der Waals surface area contributed by atoms with Crippen molar-refractivity contribution in [2.45, 2.75) is 13.3 Å². The molecule has 0 bridgehead atoms. The molecule has 1 heterocycles. The molecule has 84 valence electrons. The second kappa shape index (κ2) is 5.37. The minimum absolute atomic E-state index is 0.0422. The Morgan fingerprint density at radius 2 is 2.20 bits per heavy atom. The van der Waals surface area contributed by atoms with Crippen LogP contribution in [0.2, 0.25) is 0 Å². The van der Waals surface area contributed by atoms with E-state index >= 15 is 0 Å². The van der Waals surface area contributed by atoms with Crippen LogP contribution in [0, 0.1) is 0 Å². The molecule has 0 radical (unpaired) electrons. The molecule has 0 aromatic heterocycles. The van der Waals surface area contributed by atoms with E-state index in [0.717, 1.165) is 0 Å². The summed E-state index contributed by atoms with van der Waals surface area (Å²) >= 11 is 11.3. The van der Waals surface area contributed by atoms with Crippen LogP contribution in [0.25, 0.3) is 0 Å². The highest BCUT2D eigenvalue weighted by Gasteiger charge is 2.28. The van der Waals surface area contributed by atoms with Crippen molar-refractivity contribution in [1.82, 2.24) is 4.90 Å². The standard InChI is InChI=1S/C9H11Cl2NO3/c1-2-15-7(13)3-4-12-5-6(10)8(11)9(12)14/h2-5H2,1H3. The Morgan fingerprint density at radius 3 is 2.67 bits per heavy atom. The normalized spacial score (nSPS) is 16.2. The molecule has 0 N–H and O–H groups in total. The van der Waals surface area contributed by atoms with Crippen LogP contribution in [-0.2, 0) is 14.3 Å². The zero-order valence-corrected chi connectivity index (χ0v) is 9.77. The molecule has 0 aromatic rings. The summed E-state index contributed by atoms with van der Waals surface area (Å²) in [7, 11) is 0. The number of rotatable bonds is 4. The summed E-state index contributed by atoms with van der Waals surface area (Å²) in [4.78, 5) is 23.8. The van der Waals surface area contributed by atoms with E-state index in [1.54, 1.807) is 6.92 Å². The molecular weight excluding hydrogens is 241 g/mol. The lowest BCUT2D eigenvalue weighted by molar-refractivity contribution is -0.143. The van der Waals surface area contributed by atoms with Gasteiger partial charge in [0.1, 0.15) is 5.03 Å². The number of hydrogen-bond donors (Lipinski definition) is 0. The van der Waals surface area contributed by atoms with E-state index in [2.05, 4.69) is 0 Å². The second-order valence-electron chi connectivity index (χ2n) is 3.00. The minimum Gasteiger partial charge on any atom is -0.466 e. The zero-order chi connectivity index (χ0) is 11.4. The number of ether oxygens (including phenoxy) is 1. The van der Waals surface area contributed by atoms with Crippen LogP contribution >= 0.6 is 23.2 Å². The van der Waals surface area contributed by atoms with Gasteiger partial charge in [0.25, 0.3) is 5.91 Å². The first-order chi connectivity index (χ1) is 7.06. The van der Waals surface area contributed by atoms with E-state index in [9.17, 15) is 9.59 Å². The van der Waals surface area contributed by atoms with Crippen molar-refractivity contribution in [3.8, 4) is 0 Å². The molecule has 1 rings (SSSR count). The van der Waals surface area contributed by atoms with Crippen molar-refractivity contribution in [3.63, 3.8) is 0 Å². The Morgan fingerprint density at radius 1 is 1.53 bits per heavy atom. The van der Waals surface area contributed by atoms with Gasteiger partial charge in [-0.15, -0.1) is 0 Å². The van der Waals surface area contributed by atoms with Crippen molar-refractivity contribution in [1.29, 1.82) is 0 Å². The summed E-state index contributed by atoms with van der Waals surface area (Å²) in [6, 6.07) is 0. The molecule has 4 nitrogen and oxygen atoms in total. The molecule has 0 unspecified atom stereocenters. The first kappa shape index (κ1) is 12.3. The van der Waals surface area contributed by atoms with Gasteiger partial charge in [0.2, 0.25) is 0 Å². The summed E-state index contributed by atoms with van der Waals surface area (Å²) < 4.78 is 4.73. The quantitative estimate of drug-likeness (QED) is 0.712. The molecule has 1 aliphatic rings. The van der Waals surface area contributed by atoms with Gasteiger partial charge in [0, 0.05) is 6.54 Å². The van der Waals surface area contributed by atoms with Crippen molar-refractivity contribution in [2.24, 2.45) is 0 Å². The maximum Gasteiger partial charge on any atom is 0.307 e. The third-order valence-corrected chi connectivity index (χ3v) is 2.73. The van der Waals surface area contributed by atoms with Gasteiger partial charge in [-0.05, 0) is 6.92 Å². The Kier molecular flexibility index (Phi) is 4.42. The molecule has 0 saturated carbocycles. The molecule has 0 atom stereocenters. The third-order valence-electron chi connectivity index (χ3n) is 1.93. The molecule has 1 amide bonds. The van der Waals surface area contributed by atoms with Gasteiger partial charge in [0.05, 0.1) is 24.6 Å². The van der Waals surface area contributed by atoms with Crippen LogP contribution in [0.3, 0.4) is 0 Å². The van der Waals surface area contributed by atoms with Gasteiger partial charge in [0.15, 0.2) is 0 Å². The average molecular weight is 252 g/mol. The van der Waals surface area contributed by atoms with Crippen molar-refractivity contribution in [3.05, 3.63) is 10.1 Å². The highest BCUT2D eigenvalue weighted by molar-refractivity contribution is 6.49. The number of carbonyl (C=O) groups excluding carboxylic acids is 2. The lowest BCUT2D eigenvalue weighted by Crippen LogP contribution is -2.29. The Bertz CT molecular complexity index is 314. The number of halogens is 2. The molecule has 6 heteroatoms. The van der Waals surface area contributed by atoms with Crippen LogP contribution in [-0.4, -0.2) is 36.5 Å². The zero-order valence-electron chi connectivity index (χ0n) is 8.26. The van der Waals surface area contributed by atoms with E-state index in [-0.39, 0.29) is 36.4 Å². The summed E-state index contributed by atoms with van der Waals surface area (Å²) in [6.45, 7) is 2.63. The molecule has 0 aliphatic carbocycles. The van der Waals surface area contributed by atoms with E-state index in [4.69, 9.17) is 27.9 Å². The number of carbonyl (C=O) groups is 2. The summed E-state index contributed by atoms with van der Waals surface area (Å²) in [5.41, 5.74) is 0. The van der Waals surface area contributed by atoms with Crippen LogP contribution in [0.5, 0.6) is 0 Å². The molecule has 0 saturated heterocycles. The Hall–Kier alpha value is -0.740. The SMILES string of the molecule is CCOC(=O)CCN1CC(Cl)=C(Cl)C1=O. The monoisotopic (exact) mass is 251 g/mol. The topological polar surface area (TPSA) is 46.6 Å². The van der Waals surface area contributed by atoms with Gasteiger partial charge in [-0.1, -0.05) is 23.2 Å². The van der Waals surface area contributed by atoms with Crippen LogP contribution in [0.1, 0.15) is 13.3 Å². The van der Waals surface area contributed by atoms with Crippen LogP contribution < -0.4 is 0 Å². The number of hydrogen-bond acceptors (Lipinski definition) is 3. The molecular formula is C9H11Cl2NO3. The van der Waals surface area contributed by atoms with Gasteiger partial charge >= 0.3 is 5.97 Å². The fourth-order valence-electron chi connectivity index (χ4n) is 1.20. The number of nitrogens with zero attached hydrogens (tertiary/aromatic N) is 1. The fourth-order valence-corrected chi connectivity index (χ4v) is 1.61. The van der Waals surface area contributed by atoms with Gasteiger partial charge in [-0.3, -0.25) is 9.59 Å². The molecule has 15 heavy (non-hydrogen) atoms. The van der Waals surface area contributed by atoms with Gasteiger partial charge < -0.3 is 9.64 Å². The number of amides is 1. The van der Waals surface area contributed by atoms with Crippen molar-refractivity contribution < 1.29 is 14.3 Å². The maximum absolute atomic E-state index is 11.4. The van der Waals surface area contributed by atoms with Crippen LogP contribution in [0.15, 0.2) is 10.1 Å². The van der Waals surface area contributed by atoms with Crippen molar-refractivity contribution in [2.75, 3.05) is 19.7 Å². The summed E-state index contributed by atoms with van der Waals surface area (Å²) in [5.74, 6) is -0.657. The first-order valence-electron chi connectivity index (χ1n) is 4.55. The number of esters is 1. The second-order valence-corrected chi connectivity index (χ2v) is 3.83. The highest BCUT2D eigenvalue weighted by atomic mass is 35.5. The predicted octanol–water partition coefficient (Wildman–Crippen LogP) is 1.47. The van der Waals surface area contributed by atoms with E-state index < -0.39 is 0 Å². The minimum atomic E-state index is -0.329. The molecule has 0 spiro atoms. The fraction of sp³-hybridized carbons (Fsp3) is 0.556. The molecule has 0 fully saturated rings. The van der Waals surface area contributed by atoms with E-state index in [1.807, 2.05) is 0 Å². The Labute approximate surface area is 97.8 Å². The summed E-state index contributed by atoms with van der Waals surface area (Å²) in [5, 5.41) is 0.367. The van der Waals surface area contributed by atoms with Crippen LogP contribution in [0.4, 0.5) is 0 Å². The van der Waals surface area contributed by atoms with E-state index in [0.29, 0.717) is 11.6 Å². The lowest BCUT2D eigenvalue weighted by atomic mass is 10.4. The lowest BCUT2D eigenvalue weighted by Gasteiger charge is -2.14. The Balaban J connectivity index is 2.37. The molecule has 0 aromatic carbocycles. The van der Waals surface area contributed by atoms with Gasteiger partial charge in [-0.2, -0.15) is 0 Å². The highest BCUT2D eigenvalue weighted by Crippen LogP contribution is 2.24. The predicted molar refractivity (Wildman–Crippen MR) is 56.6 cm³/mol.